The van der Waals surface area contributed by atoms with E-state index in [2.05, 4.69) is 113 Å². The quantitative estimate of drug-likeness (QED) is 0.394. The fourth-order valence-corrected chi connectivity index (χ4v) is 6.72. The molecule has 0 amide bonds. The molecule has 34 heavy (non-hydrogen) atoms. The number of aromatic nitrogens is 1. The van der Waals surface area contributed by atoms with Gasteiger partial charge in [0, 0.05) is 23.0 Å². The molecule has 0 bridgehead atoms. The maximum Gasteiger partial charge on any atom is 0.158 e. The number of hydrogen-bond donors (Lipinski definition) is 0. The van der Waals surface area contributed by atoms with Crippen LogP contribution in [0, 0.1) is 12.3 Å². The number of fused-ring (bicyclic) bond motifs is 5. The summed E-state index contributed by atoms with van der Waals surface area (Å²) in [5, 5.41) is 0. The van der Waals surface area contributed by atoms with E-state index in [4.69, 9.17) is 4.98 Å². The zero-order chi connectivity index (χ0) is 24.3. The molecular formula is C31H39N3. The topological polar surface area (TPSA) is 19.4 Å². The minimum Gasteiger partial charge on any atom is -0.316 e. The van der Waals surface area contributed by atoms with E-state index >= 15 is 0 Å². The summed E-state index contributed by atoms with van der Waals surface area (Å²) in [5.74, 6) is 1.57. The summed E-state index contributed by atoms with van der Waals surface area (Å²) in [6.07, 6.45) is 5.53. The van der Waals surface area contributed by atoms with E-state index in [9.17, 15) is 0 Å². The molecule has 0 saturated heterocycles. The summed E-state index contributed by atoms with van der Waals surface area (Å²) in [7, 11) is 0. The Morgan fingerprint density at radius 2 is 1.56 bits per heavy atom. The standard InChI is InChI=1S/C31H39N3/c1-8-24-23-20-22(30(5,6)7)17-18-26(23)33-27-16-13-19-32-28(27)34(25-15-12-11-14-21(25)4)29(33)31(24,9-2)10-3/h11-20,24,29H,8-10H2,1-7H3. The van der Waals surface area contributed by atoms with Crippen molar-refractivity contribution in [3.8, 4) is 0 Å². The predicted octanol–water partition coefficient (Wildman–Crippen LogP) is 8.62. The highest BCUT2D eigenvalue weighted by atomic mass is 15.5. The minimum atomic E-state index is 0.0985. The average molecular weight is 454 g/mol. The zero-order valence-corrected chi connectivity index (χ0v) is 21.9. The van der Waals surface area contributed by atoms with E-state index in [1.54, 1.807) is 0 Å². The molecule has 178 valence electrons. The van der Waals surface area contributed by atoms with Gasteiger partial charge < -0.3 is 9.80 Å². The van der Waals surface area contributed by atoms with Crippen molar-refractivity contribution in [3.05, 3.63) is 77.5 Å². The monoisotopic (exact) mass is 453 g/mol. The summed E-state index contributed by atoms with van der Waals surface area (Å²) < 4.78 is 0. The van der Waals surface area contributed by atoms with Crippen molar-refractivity contribution in [3.63, 3.8) is 0 Å². The van der Waals surface area contributed by atoms with Gasteiger partial charge in [0.15, 0.2) is 5.82 Å². The molecular weight excluding hydrogens is 414 g/mol. The normalized spacial score (nSPS) is 20.7. The highest BCUT2D eigenvalue weighted by Crippen LogP contribution is 2.63. The van der Waals surface area contributed by atoms with E-state index in [1.165, 1.54) is 33.8 Å². The molecule has 3 aromatic rings. The van der Waals surface area contributed by atoms with Crippen LogP contribution in [0.2, 0.25) is 0 Å². The highest BCUT2D eigenvalue weighted by molar-refractivity contribution is 5.89. The number of benzene rings is 2. The van der Waals surface area contributed by atoms with Gasteiger partial charge in [0.1, 0.15) is 6.17 Å². The lowest BCUT2D eigenvalue weighted by Gasteiger charge is -2.55. The van der Waals surface area contributed by atoms with Gasteiger partial charge in [-0.05, 0) is 78.5 Å². The number of aryl methyl sites for hydroxylation is 1. The Morgan fingerprint density at radius 1 is 0.853 bits per heavy atom. The van der Waals surface area contributed by atoms with Crippen LogP contribution in [0.4, 0.5) is 22.9 Å². The fraction of sp³-hybridized carbons (Fsp3) is 0.452. The second-order valence-corrected chi connectivity index (χ2v) is 11.2. The van der Waals surface area contributed by atoms with Crippen molar-refractivity contribution in [2.75, 3.05) is 9.80 Å². The summed E-state index contributed by atoms with van der Waals surface area (Å²) in [6.45, 7) is 16.4. The summed E-state index contributed by atoms with van der Waals surface area (Å²) in [6, 6.07) is 20.4. The third-order valence-corrected chi connectivity index (χ3v) is 8.58. The van der Waals surface area contributed by atoms with Crippen LogP contribution in [0.15, 0.2) is 60.8 Å². The van der Waals surface area contributed by atoms with Crippen LogP contribution in [0.3, 0.4) is 0 Å². The molecule has 2 aliphatic rings. The smallest absolute Gasteiger partial charge is 0.158 e. The predicted molar refractivity (Wildman–Crippen MR) is 145 cm³/mol. The molecule has 3 heteroatoms. The molecule has 0 spiro atoms. The molecule has 1 aromatic heterocycles. The number of nitrogens with zero attached hydrogens (tertiary/aromatic N) is 3. The van der Waals surface area contributed by atoms with Gasteiger partial charge in [-0.15, -0.1) is 0 Å². The lowest BCUT2D eigenvalue weighted by molar-refractivity contribution is 0.143. The van der Waals surface area contributed by atoms with Crippen LogP contribution < -0.4 is 9.80 Å². The van der Waals surface area contributed by atoms with Gasteiger partial charge >= 0.3 is 0 Å². The minimum absolute atomic E-state index is 0.0985. The summed E-state index contributed by atoms with van der Waals surface area (Å²) in [4.78, 5) is 10.2. The van der Waals surface area contributed by atoms with Crippen LogP contribution in [0.25, 0.3) is 0 Å². The second-order valence-electron chi connectivity index (χ2n) is 11.2. The van der Waals surface area contributed by atoms with Gasteiger partial charge in [0.2, 0.25) is 0 Å². The lowest BCUT2D eigenvalue weighted by atomic mass is 9.61. The Bertz CT molecular complexity index is 1200. The van der Waals surface area contributed by atoms with Gasteiger partial charge in [-0.1, -0.05) is 71.9 Å². The lowest BCUT2D eigenvalue weighted by Crippen LogP contribution is -2.57. The van der Waals surface area contributed by atoms with E-state index in [1.807, 2.05) is 6.20 Å². The Labute approximate surface area is 205 Å². The first-order valence-electron chi connectivity index (χ1n) is 13.0. The molecule has 2 aromatic carbocycles. The molecule has 0 N–H and O–H groups in total. The van der Waals surface area contributed by atoms with E-state index < -0.39 is 0 Å². The van der Waals surface area contributed by atoms with Crippen molar-refractivity contribution in [2.24, 2.45) is 5.41 Å². The van der Waals surface area contributed by atoms with Crippen molar-refractivity contribution in [2.45, 2.75) is 85.2 Å². The number of anilines is 4. The van der Waals surface area contributed by atoms with Crippen LogP contribution in [0.1, 0.15) is 83.4 Å². The van der Waals surface area contributed by atoms with Crippen molar-refractivity contribution in [1.82, 2.24) is 4.98 Å². The largest absolute Gasteiger partial charge is 0.316 e. The van der Waals surface area contributed by atoms with Crippen LogP contribution in [-0.2, 0) is 5.41 Å². The molecule has 2 aliphatic heterocycles. The first-order chi connectivity index (χ1) is 16.3. The molecule has 5 rings (SSSR count). The Kier molecular flexibility index (Phi) is 5.50. The van der Waals surface area contributed by atoms with Gasteiger partial charge in [-0.3, -0.25) is 0 Å². The molecule has 2 unspecified atom stereocenters. The van der Waals surface area contributed by atoms with E-state index in [0.29, 0.717) is 5.92 Å². The van der Waals surface area contributed by atoms with Crippen LogP contribution in [0.5, 0.6) is 0 Å². The van der Waals surface area contributed by atoms with Gasteiger partial charge in [0.25, 0.3) is 0 Å². The van der Waals surface area contributed by atoms with Crippen molar-refractivity contribution in [1.29, 1.82) is 0 Å². The molecule has 3 heterocycles. The first kappa shape index (κ1) is 23.0. The average Bonchev–Trinajstić information content (AvgIpc) is 3.18. The Balaban J connectivity index is 1.84. The summed E-state index contributed by atoms with van der Waals surface area (Å²) in [5.41, 5.74) is 8.30. The molecule has 3 nitrogen and oxygen atoms in total. The first-order valence-corrected chi connectivity index (χ1v) is 13.0. The zero-order valence-electron chi connectivity index (χ0n) is 21.9. The van der Waals surface area contributed by atoms with Gasteiger partial charge in [0.05, 0.1) is 5.69 Å². The number of para-hydroxylation sites is 1. The number of pyridine rings is 1. The number of rotatable bonds is 4. The molecule has 0 radical (unpaired) electrons. The third-order valence-electron chi connectivity index (χ3n) is 8.58. The molecule has 2 atom stereocenters. The molecule has 0 aliphatic carbocycles. The second kappa shape index (κ2) is 8.15. The maximum atomic E-state index is 4.98. The third kappa shape index (κ3) is 3.12. The highest BCUT2D eigenvalue weighted by Gasteiger charge is 2.57. The SMILES string of the molecule is CCC1c2cc(C(C)(C)C)ccc2N2c3cccnc3N(c3ccccc3C)C2C1(CC)CC. The fourth-order valence-electron chi connectivity index (χ4n) is 6.72. The summed E-state index contributed by atoms with van der Waals surface area (Å²) >= 11 is 0. The van der Waals surface area contributed by atoms with E-state index in [0.717, 1.165) is 25.1 Å². The Morgan fingerprint density at radius 3 is 2.21 bits per heavy atom. The number of hydrogen-bond acceptors (Lipinski definition) is 3. The van der Waals surface area contributed by atoms with Gasteiger partial charge in [-0.2, -0.15) is 0 Å². The van der Waals surface area contributed by atoms with Crippen molar-refractivity contribution >= 4 is 22.9 Å². The maximum absolute atomic E-state index is 4.98. The van der Waals surface area contributed by atoms with Crippen LogP contribution >= 0.6 is 0 Å². The Hall–Kier alpha value is -2.81. The van der Waals surface area contributed by atoms with Crippen molar-refractivity contribution < 1.29 is 0 Å². The van der Waals surface area contributed by atoms with E-state index in [-0.39, 0.29) is 17.0 Å². The van der Waals surface area contributed by atoms with Crippen LogP contribution in [-0.4, -0.2) is 11.1 Å². The molecule has 0 fully saturated rings. The van der Waals surface area contributed by atoms with Gasteiger partial charge in [-0.25, -0.2) is 4.98 Å². The molecule has 0 saturated carbocycles.